The van der Waals surface area contributed by atoms with Crippen molar-refractivity contribution < 1.29 is 9.18 Å². The first-order valence-corrected chi connectivity index (χ1v) is 5.13. The molecule has 0 spiro atoms. The average molecular weight is 260 g/mol. The van der Waals surface area contributed by atoms with Gasteiger partial charge in [-0.2, -0.15) is 0 Å². The number of carbonyl (C=O) groups excluding carboxylic acids is 1. The van der Waals surface area contributed by atoms with E-state index in [1.54, 1.807) is 6.07 Å². The van der Waals surface area contributed by atoms with Crippen LogP contribution in [0.3, 0.4) is 0 Å². The molecular weight excluding hydrogens is 249 g/mol. The van der Waals surface area contributed by atoms with E-state index in [9.17, 15) is 9.18 Å². The highest BCUT2D eigenvalue weighted by Crippen LogP contribution is 2.18. The minimum absolute atomic E-state index is 0.0983. The number of hydrogen-bond acceptors (Lipinski definition) is 1. The van der Waals surface area contributed by atoms with Crippen molar-refractivity contribution in [3.63, 3.8) is 0 Å². The average Bonchev–Trinajstić information content (AvgIpc) is 2.12. The molecule has 0 saturated heterocycles. The zero-order valence-electron chi connectivity index (χ0n) is 7.81. The Labute approximate surface area is 90.6 Å². The predicted octanol–water partition coefficient (Wildman–Crippen LogP) is 2.27. The smallest absolute Gasteiger partial charge is 0.224 e. The van der Waals surface area contributed by atoms with E-state index >= 15 is 0 Å². The highest BCUT2D eigenvalue weighted by molar-refractivity contribution is 9.10. The summed E-state index contributed by atoms with van der Waals surface area (Å²) in [5.74, 6) is -0.425. The first kappa shape index (κ1) is 11.2. The van der Waals surface area contributed by atoms with E-state index in [0.29, 0.717) is 12.1 Å². The number of halogens is 2. The third kappa shape index (κ3) is 3.10. The third-order valence-electron chi connectivity index (χ3n) is 1.73. The monoisotopic (exact) mass is 259 g/mol. The summed E-state index contributed by atoms with van der Waals surface area (Å²) in [6.07, 6.45) is 0.201. The van der Waals surface area contributed by atoms with Gasteiger partial charge >= 0.3 is 0 Å². The number of nitrogens with one attached hydrogen (secondary N) is 1. The summed E-state index contributed by atoms with van der Waals surface area (Å²) < 4.78 is 13.6. The van der Waals surface area contributed by atoms with Crippen LogP contribution < -0.4 is 5.32 Å². The highest BCUT2D eigenvalue weighted by Gasteiger charge is 2.06. The van der Waals surface area contributed by atoms with Crippen molar-refractivity contribution in [1.29, 1.82) is 0 Å². The maximum Gasteiger partial charge on any atom is 0.224 e. The van der Waals surface area contributed by atoms with Crippen molar-refractivity contribution in [3.8, 4) is 0 Å². The fourth-order valence-corrected chi connectivity index (χ4v) is 1.50. The third-order valence-corrected chi connectivity index (χ3v) is 2.51. The molecule has 1 N–H and O–H groups in total. The molecule has 14 heavy (non-hydrogen) atoms. The van der Waals surface area contributed by atoms with Crippen LogP contribution in [0, 0.1) is 5.82 Å². The summed E-state index contributed by atoms with van der Waals surface area (Å²) >= 11 is 3.26. The van der Waals surface area contributed by atoms with Gasteiger partial charge in [0.2, 0.25) is 5.91 Å². The van der Waals surface area contributed by atoms with E-state index in [1.165, 1.54) is 12.1 Å². The second-order valence-electron chi connectivity index (χ2n) is 2.87. The van der Waals surface area contributed by atoms with Crippen molar-refractivity contribution in [2.75, 3.05) is 6.54 Å². The molecule has 1 aromatic carbocycles. The summed E-state index contributed by atoms with van der Waals surface area (Å²) in [7, 11) is 0. The Morgan fingerprint density at radius 3 is 2.93 bits per heavy atom. The van der Waals surface area contributed by atoms with E-state index in [4.69, 9.17) is 0 Å². The van der Waals surface area contributed by atoms with E-state index < -0.39 is 0 Å². The van der Waals surface area contributed by atoms with Gasteiger partial charge < -0.3 is 5.32 Å². The van der Waals surface area contributed by atoms with Crippen LogP contribution in [0.5, 0.6) is 0 Å². The Hall–Kier alpha value is -0.900. The van der Waals surface area contributed by atoms with Gasteiger partial charge in [-0.1, -0.05) is 15.9 Å². The Kier molecular flexibility index (Phi) is 4.07. The number of hydrogen-bond donors (Lipinski definition) is 1. The fourth-order valence-electron chi connectivity index (χ4n) is 1.11. The van der Waals surface area contributed by atoms with Crippen LogP contribution in [0.2, 0.25) is 0 Å². The van der Waals surface area contributed by atoms with E-state index in [1.807, 2.05) is 6.92 Å². The molecule has 76 valence electrons. The molecule has 2 nitrogen and oxygen atoms in total. The lowest BCUT2D eigenvalue weighted by Crippen LogP contribution is -2.24. The number of likely N-dealkylation sites (N-methyl/N-ethyl adjacent to an activating group) is 1. The molecular formula is C10H11BrFNO. The SMILES string of the molecule is CCNC(=O)Cc1cc(F)ccc1Br. The first-order chi connectivity index (χ1) is 6.63. The van der Waals surface area contributed by atoms with Gasteiger partial charge in [-0.05, 0) is 30.7 Å². The van der Waals surface area contributed by atoms with Gasteiger partial charge in [-0.25, -0.2) is 4.39 Å². The Balaban J connectivity index is 2.75. The van der Waals surface area contributed by atoms with Crippen molar-refractivity contribution in [3.05, 3.63) is 34.1 Å². The normalized spacial score (nSPS) is 9.93. The number of rotatable bonds is 3. The molecule has 0 atom stereocenters. The lowest BCUT2D eigenvalue weighted by atomic mass is 10.1. The molecule has 1 aromatic rings. The molecule has 0 aliphatic heterocycles. The van der Waals surface area contributed by atoms with E-state index in [2.05, 4.69) is 21.2 Å². The molecule has 0 unspecified atom stereocenters. The largest absolute Gasteiger partial charge is 0.356 e. The van der Waals surface area contributed by atoms with Crippen molar-refractivity contribution in [2.45, 2.75) is 13.3 Å². The summed E-state index contributed by atoms with van der Waals surface area (Å²) in [6, 6.07) is 4.31. The minimum atomic E-state index is -0.326. The number of carbonyl (C=O) groups is 1. The second-order valence-corrected chi connectivity index (χ2v) is 3.72. The fraction of sp³-hybridized carbons (Fsp3) is 0.300. The number of amides is 1. The standard InChI is InChI=1S/C10H11BrFNO/c1-2-13-10(14)6-7-5-8(12)3-4-9(7)11/h3-5H,2,6H2,1H3,(H,13,14). The summed E-state index contributed by atoms with van der Waals surface area (Å²) in [5.41, 5.74) is 0.663. The summed E-state index contributed by atoms with van der Waals surface area (Å²) in [6.45, 7) is 2.43. The van der Waals surface area contributed by atoms with Crippen molar-refractivity contribution in [1.82, 2.24) is 5.32 Å². The first-order valence-electron chi connectivity index (χ1n) is 4.34. The quantitative estimate of drug-likeness (QED) is 0.887. The zero-order valence-corrected chi connectivity index (χ0v) is 9.40. The zero-order chi connectivity index (χ0) is 10.6. The molecule has 0 radical (unpaired) electrons. The molecule has 1 rings (SSSR count). The van der Waals surface area contributed by atoms with Gasteiger partial charge in [0.05, 0.1) is 6.42 Å². The van der Waals surface area contributed by atoms with Crippen LogP contribution in [0.15, 0.2) is 22.7 Å². The highest BCUT2D eigenvalue weighted by atomic mass is 79.9. The summed E-state index contributed by atoms with van der Waals surface area (Å²) in [4.78, 5) is 11.2. The van der Waals surface area contributed by atoms with Crippen LogP contribution in [0.25, 0.3) is 0 Å². The summed E-state index contributed by atoms with van der Waals surface area (Å²) in [5, 5.41) is 2.66. The van der Waals surface area contributed by atoms with Crippen LogP contribution in [-0.2, 0) is 11.2 Å². The molecule has 0 heterocycles. The maximum atomic E-state index is 12.8. The lowest BCUT2D eigenvalue weighted by molar-refractivity contribution is -0.120. The molecule has 4 heteroatoms. The molecule has 0 aliphatic carbocycles. The molecule has 0 aromatic heterocycles. The molecule has 0 saturated carbocycles. The minimum Gasteiger partial charge on any atom is -0.356 e. The van der Waals surface area contributed by atoms with Crippen LogP contribution >= 0.6 is 15.9 Å². The number of benzene rings is 1. The van der Waals surface area contributed by atoms with Crippen LogP contribution in [-0.4, -0.2) is 12.5 Å². The van der Waals surface area contributed by atoms with Gasteiger partial charge in [0, 0.05) is 11.0 Å². The maximum absolute atomic E-state index is 12.8. The molecule has 1 amide bonds. The predicted molar refractivity (Wildman–Crippen MR) is 56.5 cm³/mol. The topological polar surface area (TPSA) is 29.1 Å². The van der Waals surface area contributed by atoms with Gasteiger partial charge in [0.15, 0.2) is 0 Å². The van der Waals surface area contributed by atoms with Crippen LogP contribution in [0.4, 0.5) is 4.39 Å². The Morgan fingerprint density at radius 2 is 2.29 bits per heavy atom. The Bertz CT molecular complexity index is 341. The van der Waals surface area contributed by atoms with Gasteiger partial charge in [-0.3, -0.25) is 4.79 Å². The molecule has 0 fully saturated rings. The van der Waals surface area contributed by atoms with Gasteiger partial charge in [0.25, 0.3) is 0 Å². The van der Waals surface area contributed by atoms with Crippen LogP contribution in [0.1, 0.15) is 12.5 Å². The van der Waals surface area contributed by atoms with Crippen molar-refractivity contribution >= 4 is 21.8 Å². The van der Waals surface area contributed by atoms with E-state index in [-0.39, 0.29) is 18.1 Å². The lowest BCUT2D eigenvalue weighted by Gasteiger charge is -2.04. The molecule has 0 bridgehead atoms. The second kappa shape index (κ2) is 5.10. The van der Waals surface area contributed by atoms with E-state index in [0.717, 1.165) is 4.47 Å². The Morgan fingerprint density at radius 1 is 1.57 bits per heavy atom. The van der Waals surface area contributed by atoms with Crippen molar-refractivity contribution in [2.24, 2.45) is 0 Å². The molecule has 0 aliphatic rings. The van der Waals surface area contributed by atoms with Gasteiger partial charge in [0.1, 0.15) is 5.82 Å². The van der Waals surface area contributed by atoms with Gasteiger partial charge in [-0.15, -0.1) is 0 Å².